The van der Waals surface area contributed by atoms with E-state index in [0.717, 1.165) is 10.6 Å². The van der Waals surface area contributed by atoms with Crippen LogP contribution in [-0.4, -0.2) is 42.3 Å². The molecule has 0 aliphatic carbocycles. The lowest BCUT2D eigenvalue weighted by molar-refractivity contribution is -0.157. The zero-order valence-corrected chi connectivity index (χ0v) is 15.4. The first kappa shape index (κ1) is 18.7. The largest absolute Gasteiger partial charge is 0.758 e. The molecule has 0 N–H and O–H groups in total. The van der Waals surface area contributed by atoms with Gasteiger partial charge in [0.15, 0.2) is 0 Å². The van der Waals surface area contributed by atoms with Gasteiger partial charge in [0.1, 0.15) is 12.4 Å². The third kappa shape index (κ3) is 3.70. The summed E-state index contributed by atoms with van der Waals surface area (Å²) in [5, 5.41) is 14.1. The Labute approximate surface area is 147 Å². The molecule has 0 radical (unpaired) electrons. The molecule has 1 heterocycles. The van der Waals surface area contributed by atoms with E-state index >= 15 is 0 Å². The third-order valence-corrected chi connectivity index (χ3v) is 4.69. The van der Waals surface area contributed by atoms with Gasteiger partial charge in [-0.25, -0.2) is 0 Å². The Morgan fingerprint density at radius 1 is 1.42 bits per heavy atom. The number of thioether (sulfide) groups is 1. The lowest BCUT2D eigenvalue weighted by atomic mass is 9.83. The van der Waals surface area contributed by atoms with Crippen LogP contribution in [0.5, 0.6) is 0 Å². The summed E-state index contributed by atoms with van der Waals surface area (Å²) in [5.41, 5.74) is 0.322. The number of benzene rings is 1. The number of rotatable bonds is 6. The van der Waals surface area contributed by atoms with Gasteiger partial charge in [0.2, 0.25) is 0 Å². The molecule has 1 aliphatic rings. The van der Waals surface area contributed by atoms with Crippen molar-refractivity contribution < 1.29 is 14.3 Å². The number of hydrogen-bond acceptors (Lipinski definition) is 6. The smallest absolute Gasteiger partial charge is 0.313 e. The SMILES string of the molecule is CCOC(=O)C(C)(C)C1COC(CSC)=C(c2ccccc2)N1[O-]. The Morgan fingerprint density at radius 2 is 2.08 bits per heavy atom. The summed E-state index contributed by atoms with van der Waals surface area (Å²) < 4.78 is 11.0. The van der Waals surface area contributed by atoms with Crippen molar-refractivity contribution in [3.05, 3.63) is 46.9 Å². The minimum absolute atomic E-state index is 0.168. The average Bonchev–Trinajstić information content (AvgIpc) is 2.56. The average molecular weight is 350 g/mol. The standard InChI is InChI=1S/C18H24NO4S/c1-5-22-17(20)18(2,3)15-11-23-14(12-24-4)16(19(15)21)13-9-7-6-8-10-13/h6-10,15H,5,11-12H2,1-4H3/q-1. The maximum atomic E-state index is 13.1. The van der Waals surface area contributed by atoms with Crippen molar-refractivity contribution in [3.63, 3.8) is 0 Å². The van der Waals surface area contributed by atoms with Gasteiger partial charge >= 0.3 is 5.97 Å². The molecule has 6 heteroatoms. The summed E-state index contributed by atoms with van der Waals surface area (Å²) in [6, 6.07) is 8.78. The van der Waals surface area contributed by atoms with E-state index in [1.54, 1.807) is 32.5 Å². The summed E-state index contributed by atoms with van der Waals surface area (Å²) in [6.07, 6.45) is 1.96. The second kappa shape index (κ2) is 7.94. The van der Waals surface area contributed by atoms with Gasteiger partial charge in [-0.15, -0.1) is 0 Å². The van der Waals surface area contributed by atoms with Gasteiger partial charge in [-0.3, -0.25) is 4.79 Å². The second-order valence-electron chi connectivity index (χ2n) is 6.17. The Bertz CT molecular complexity index is 600. The Balaban J connectivity index is 2.40. The molecule has 132 valence electrons. The van der Waals surface area contributed by atoms with E-state index in [-0.39, 0.29) is 19.2 Å². The fraction of sp³-hybridized carbons (Fsp3) is 0.500. The van der Waals surface area contributed by atoms with E-state index in [4.69, 9.17) is 9.47 Å². The number of carbonyl (C=O) groups is 1. The molecule has 0 spiro atoms. The molecule has 0 amide bonds. The van der Waals surface area contributed by atoms with Crippen LogP contribution in [0.1, 0.15) is 26.3 Å². The first-order chi connectivity index (χ1) is 11.4. The molecule has 2 rings (SSSR count). The number of hydroxylamine groups is 2. The van der Waals surface area contributed by atoms with E-state index in [2.05, 4.69) is 0 Å². The van der Waals surface area contributed by atoms with Gasteiger partial charge in [-0.1, -0.05) is 30.3 Å². The second-order valence-corrected chi connectivity index (χ2v) is 7.03. The van der Waals surface area contributed by atoms with Gasteiger partial charge in [0, 0.05) is 5.56 Å². The molecule has 24 heavy (non-hydrogen) atoms. The van der Waals surface area contributed by atoms with Crippen LogP contribution in [0.4, 0.5) is 0 Å². The van der Waals surface area contributed by atoms with Crippen LogP contribution in [-0.2, 0) is 14.3 Å². The van der Waals surface area contributed by atoms with E-state index in [0.29, 0.717) is 17.2 Å². The number of hydrogen-bond donors (Lipinski definition) is 0. The van der Waals surface area contributed by atoms with Crippen molar-refractivity contribution in [3.8, 4) is 0 Å². The Hall–Kier alpha value is -1.66. The van der Waals surface area contributed by atoms with Crippen molar-refractivity contribution >= 4 is 23.4 Å². The van der Waals surface area contributed by atoms with E-state index in [1.807, 2.05) is 36.6 Å². The minimum atomic E-state index is -0.970. The molecule has 1 aromatic rings. The van der Waals surface area contributed by atoms with Gasteiger partial charge in [-0.05, 0) is 27.0 Å². The molecule has 0 saturated carbocycles. The van der Waals surface area contributed by atoms with Gasteiger partial charge in [0.25, 0.3) is 0 Å². The lowest BCUT2D eigenvalue weighted by Gasteiger charge is -2.50. The summed E-state index contributed by atoms with van der Waals surface area (Å²) in [5.74, 6) is 0.870. The van der Waals surface area contributed by atoms with Crippen LogP contribution in [0.15, 0.2) is 36.1 Å². The molecule has 0 fully saturated rings. The molecule has 1 atom stereocenters. The highest BCUT2D eigenvalue weighted by molar-refractivity contribution is 7.98. The van der Waals surface area contributed by atoms with Crippen molar-refractivity contribution in [1.29, 1.82) is 0 Å². The molecule has 0 saturated heterocycles. The maximum Gasteiger partial charge on any atom is 0.313 e. The van der Waals surface area contributed by atoms with E-state index < -0.39 is 11.5 Å². The predicted molar refractivity (Wildman–Crippen MR) is 97.1 cm³/mol. The summed E-state index contributed by atoms with van der Waals surface area (Å²) in [6.45, 7) is 5.67. The minimum Gasteiger partial charge on any atom is -0.758 e. The van der Waals surface area contributed by atoms with Crippen molar-refractivity contribution in [1.82, 2.24) is 5.06 Å². The fourth-order valence-electron chi connectivity index (χ4n) is 2.67. The zero-order chi connectivity index (χ0) is 17.7. The fourth-order valence-corrected chi connectivity index (χ4v) is 3.16. The first-order valence-electron chi connectivity index (χ1n) is 7.97. The molecule has 1 aliphatic heterocycles. The molecule has 0 aromatic heterocycles. The highest BCUT2D eigenvalue weighted by Crippen LogP contribution is 2.38. The molecule has 0 bridgehead atoms. The summed E-state index contributed by atoms with van der Waals surface area (Å²) in [7, 11) is 0. The maximum absolute atomic E-state index is 13.1. The molecular weight excluding hydrogens is 326 g/mol. The van der Waals surface area contributed by atoms with Crippen LogP contribution in [0.3, 0.4) is 0 Å². The van der Waals surface area contributed by atoms with Crippen LogP contribution in [0.25, 0.3) is 5.70 Å². The van der Waals surface area contributed by atoms with Crippen molar-refractivity contribution in [2.24, 2.45) is 5.41 Å². The predicted octanol–water partition coefficient (Wildman–Crippen LogP) is 3.51. The zero-order valence-electron chi connectivity index (χ0n) is 14.6. The third-order valence-electron chi connectivity index (χ3n) is 4.14. The number of ether oxygens (including phenoxy) is 2. The normalized spacial score (nSPS) is 18.4. The molecule has 5 nitrogen and oxygen atoms in total. The topological polar surface area (TPSA) is 61.8 Å². The summed E-state index contributed by atoms with van der Waals surface area (Å²) in [4.78, 5) is 12.3. The van der Waals surface area contributed by atoms with Gasteiger partial charge in [-0.2, -0.15) is 11.8 Å². The highest BCUT2D eigenvalue weighted by Gasteiger charge is 2.42. The lowest BCUT2D eigenvalue weighted by Crippen LogP contribution is -2.51. The van der Waals surface area contributed by atoms with Crippen molar-refractivity contribution in [2.45, 2.75) is 26.8 Å². The van der Waals surface area contributed by atoms with Crippen LogP contribution in [0.2, 0.25) is 0 Å². The monoisotopic (exact) mass is 350 g/mol. The summed E-state index contributed by atoms with van der Waals surface area (Å²) >= 11 is 1.59. The first-order valence-corrected chi connectivity index (χ1v) is 9.36. The van der Waals surface area contributed by atoms with Gasteiger partial charge in [0.05, 0.1) is 29.5 Å². The Kier molecular flexibility index (Phi) is 6.18. The van der Waals surface area contributed by atoms with Gasteiger partial charge < -0.3 is 19.7 Å². The highest BCUT2D eigenvalue weighted by atomic mass is 32.2. The molecule has 1 unspecified atom stereocenters. The van der Waals surface area contributed by atoms with Crippen LogP contribution in [0, 0.1) is 10.6 Å². The number of nitrogens with zero attached hydrogens (tertiary/aromatic N) is 1. The van der Waals surface area contributed by atoms with Crippen molar-refractivity contribution in [2.75, 3.05) is 25.2 Å². The van der Waals surface area contributed by atoms with E-state index in [1.165, 1.54) is 0 Å². The number of esters is 1. The molecule has 1 aromatic carbocycles. The van der Waals surface area contributed by atoms with E-state index in [9.17, 15) is 10.0 Å². The molecular formula is C18H24NO4S-. The van der Waals surface area contributed by atoms with Crippen LogP contribution < -0.4 is 0 Å². The Morgan fingerprint density at radius 3 is 2.67 bits per heavy atom. The number of carbonyl (C=O) groups excluding carboxylic acids is 1. The van der Waals surface area contributed by atoms with Crippen LogP contribution >= 0.6 is 11.8 Å². The quantitative estimate of drug-likeness (QED) is 0.732.